The van der Waals surface area contributed by atoms with Crippen molar-refractivity contribution in [3.05, 3.63) is 36.0 Å². The molecule has 0 saturated carbocycles. The van der Waals surface area contributed by atoms with Crippen LogP contribution in [0.2, 0.25) is 0 Å². The van der Waals surface area contributed by atoms with E-state index in [2.05, 4.69) is 29.2 Å². The Morgan fingerprint density at radius 1 is 1.25 bits per heavy atom. The molecular formula is C22H28N6O3S. The van der Waals surface area contributed by atoms with Crippen molar-refractivity contribution >= 4 is 34.5 Å². The first-order valence-corrected chi connectivity index (χ1v) is 11.6. The zero-order chi connectivity index (χ0) is 22.5. The number of para-hydroxylation sites is 1. The molecular weight excluding hydrogens is 428 g/mol. The number of nitrogens with zero attached hydrogens (tertiary/aromatic N) is 5. The van der Waals surface area contributed by atoms with Gasteiger partial charge in [-0.1, -0.05) is 37.7 Å². The number of methoxy groups -OCH3 is 1. The van der Waals surface area contributed by atoms with Crippen LogP contribution in [0.5, 0.6) is 5.75 Å². The fraction of sp³-hybridized carbons (Fsp3) is 0.455. The van der Waals surface area contributed by atoms with E-state index in [9.17, 15) is 4.79 Å². The van der Waals surface area contributed by atoms with Gasteiger partial charge in [0.15, 0.2) is 10.8 Å². The van der Waals surface area contributed by atoms with Crippen LogP contribution in [0.25, 0.3) is 11.0 Å². The number of carbonyl (C=O) groups is 1. The molecule has 0 spiro atoms. The minimum atomic E-state index is -0.182. The Morgan fingerprint density at radius 3 is 2.78 bits per heavy atom. The first-order chi connectivity index (χ1) is 15.6. The van der Waals surface area contributed by atoms with E-state index in [4.69, 9.17) is 19.4 Å². The number of ether oxygens (including phenoxy) is 2. The summed E-state index contributed by atoms with van der Waals surface area (Å²) in [5.41, 5.74) is 1.28. The van der Waals surface area contributed by atoms with E-state index in [0.29, 0.717) is 42.9 Å². The highest BCUT2D eigenvalue weighted by molar-refractivity contribution is 7.99. The SMILES string of the molecule is COc1ccccc1C(=O)NCCn1ncc2c(N3CCOCC3)nc(SC(C)C)nc21. The second kappa shape index (κ2) is 10.2. The smallest absolute Gasteiger partial charge is 0.255 e. The largest absolute Gasteiger partial charge is 0.496 e. The Kier molecular flexibility index (Phi) is 7.11. The van der Waals surface area contributed by atoms with Gasteiger partial charge in [-0.2, -0.15) is 5.10 Å². The molecule has 1 aliphatic rings. The number of thioether (sulfide) groups is 1. The molecule has 1 amide bonds. The Labute approximate surface area is 191 Å². The minimum Gasteiger partial charge on any atom is -0.496 e. The molecule has 3 aromatic rings. The maximum Gasteiger partial charge on any atom is 0.255 e. The van der Waals surface area contributed by atoms with Crippen molar-refractivity contribution in [1.82, 2.24) is 25.1 Å². The van der Waals surface area contributed by atoms with E-state index in [1.807, 2.05) is 23.0 Å². The van der Waals surface area contributed by atoms with Crippen molar-refractivity contribution in [3.8, 4) is 5.75 Å². The van der Waals surface area contributed by atoms with E-state index in [1.54, 1.807) is 31.0 Å². The summed E-state index contributed by atoms with van der Waals surface area (Å²) in [7, 11) is 1.56. The van der Waals surface area contributed by atoms with Crippen molar-refractivity contribution in [2.75, 3.05) is 44.9 Å². The molecule has 0 aliphatic carbocycles. The molecule has 32 heavy (non-hydrogen) atoms. The third kappa shape index (κ3) is 4.97. The number of aromatic nitrogens is 4. The number of hydrogen-bond acceptors (Lipinski definition) is 8. The van der Waals surface area contributed by atoms with Gasteiger partial charge in [-0.25, -0.2) is 14.6 Å². The Balaban J connectivity index is 1.54. The number of anilines is 1. The predicted octanol–water partition coefficient (Wildman–Crippen LogP) is 2.60. The van der Waals surface area contributed by atoms with Gasteiger partial charge in [-0.05, 0) is 12.1 Å². The molecule has 3 heterocycles. The number of nitrogens with one attached hydrogen (secondary N) is 1. The van der Waals surface area contributed by atoms with Gasteiger partial charge in [-0.15, -0.1) is 0 Å². The van der Waals surface area contributed by atoms with Gasteiger partial charge in [0.1, 0.15) is 11.6 Å². The van der Waals surface area contributed by atoms with Crippen LogP contribution in [0.1, 0.15) is 24.2 Å². The van der Waals surface area contributed by atoms with Crippen molar-refractivity contribution in [3.63, 3.8) is 0 Å². The van der Waals surface area contributed by atoms with Gasteiger partial charge in [-0.3, -0.25) is 4.79 Å². The molecule has 1 aromatic carbocycles. The van der Waals surface area contributed by atoms with E-state index in [-0.39, 0.29) is 5.91 Å². The summed E-state index contributed by atoms with van der Waals surface area (Å²) in [6, 6.07) is 7.17. The Morgan fingerprint density at radius 2 is 2.03 bits per heavy atom. The monoisotopic (exact) mass is 456 g/mol. The number of rotatable bonds is 8. The van der Waals surface area contributed by atoms with Gasteiger partial charge in [0.2, 0.25) is 0 Å². The Hall–Kier alpha value is -2.85. The maximum atomic E-state index is 12.6. The number of carbonyl (C=O) groups excluding carboxylic acids is 1. The molecule has 1 fully saturated rings. The summed E-state index contributed by atoms with van der Waals surface area (Å²) in [6.07, 6.45) is 1.81. The molecule has 9 nitrogen and oxygen atoms in total. The lowest BCUT2D eigenvalue weighted by Gasteiger charge is -2.28. The quantitative estimate of drug-likeness (QED) is 0.408. The first kappa shape index (κ1) is 22.3. The van der Waals surface area contributed by atoms with Crippen molar-refractivity contribution in [1.29, 1.82) is 0 Å². The van der Waals surface area contributed by atoms with E-state index in [1.165, 1.54) is 0 Å². The van der Waals surface area contributed by atoms with Gasteiger partial charge < -0.3 is 19.7 Å². The lowest BCUT2D eigenvalue weighted by atomic mass is 10.2. The molecule has 1 aliphatic heterocycles. The van der Waals surface area contributed by atoms with Crippen LogP contribution in [-0.2, 0) is 11.3 Å². The lowest BCUT2D eigenvalue weighted by Crippen LogP contribution is -2.37. The molecule has 170 valence electrons. The van der Waals surface area contributed by atoms with E-state index < -0.39 is 0 Å². The maximum absolute atomic E-state index is 12.6. The van der Waals surface area contributed by atoms with Crippen molar-refractivity contribution < 1.29 is 14.3 Å². The van der Waals surface area contributed by atoms with Crippen LogP contribution < -0.4 is 15.0 Å². The summed E-state index contributed by atoms with van der Waals surface area (Å²) in [5.74, 6) is 1.26. The van der Waals surface area contributed by atoms with Gasteiger partial charge in [0, 0.05) is 24.9 Å². The summed E-state index contributed by atoms with van der Waals surface area (Å²) in [5, 5.41) is 9.50. The van der Waals surface area contributed by atoms with Gasteiger partial charge >= 0.3 is 0 Å². The van der Waals surface area contributed by atoms with Gasteiger partial charge in [0.05, 0.1) is 44.0 Å². The summed E-state index contributed by atoms with van der Waals surface area (Å²) >= 11 is 1.63. The molecule has 0 bridgehead atoms. The van der Waals surface area contributed by atoms with Crippen LogP contribution in [0.4, 0.5) is 5.82 Å². The fourth-order valence-electron chi connectivity index (χ4n) is 3.57. The zero-order valence-electron chi connectivity index (χ0n) is 18.6. The van der Waals surface area contributed by atoms with Crippen LogP contribution in [0, 0.1) is 0 Å². The zero-order valence-corrected chi connectivity index (χ0v) is 19.4. The predicted molar refractivity (Wildman–Crippen MR) is 125 cm³/mol. The van der Waals surface area contributed by atoms with E-state index in [0.717, 1.165) is 35.1 Å². The topological polar surface area (TPSA) is 94.4 Å². The molecule has 4 rings (SSSR count). The highest BCUT2D eigenvalue weighted by Gasteiger charge is 2.21. The molecule has 1 saturated heterocycles. The first-order valence-electron chi connectivity index (χ1n) is 10.7. The third-order valence-electron chi connectivity index (χ3n) is 5.07. The molecule has 0 radical (unpaired) electrons. The number of amides is 1. The number of hydrogen-bond donors (Lipinski definition) is 1. The number of morpholine rings is 1. The fourth-order valence-corrected chi connectivity index (χ4v) is 4.27. The highest BCUT2D eigenvalue weighted by atomic mass is 32.2. The molecule has 10 heteroatoms. The van der Waals surface area contributed by atoms with E-state index >= 15 is 0 Å². The second-order valence-corrected chi connectivity index (χ2v) is 9.20. The van der Waals surface area contributed by atoms with Gasteiger partial charge in [0.25, 0.3) is 5.91 Å². The average molecular weight is 457 g/mol. The Bertz CT molecular complexity index is 1080. The second-order valence-electron chi connectivity index (χ2n) is 7.66. The third-order valence-corrected chi connectivity index (χ3v) is 5.93. The van der Waals surface area contributed by atoms with Crippen LogP contribution >= 0.6 is 11.8 Å². The van der Waals surface area contributed by atoms with Crippen LogP contribution in [0.3, 0.4) is 0 Å². The van der Waals surface area contributed by atoms with Crippen LogP contribution in [-0.4, -0.2) is 70.9 Å². The normalized spacial score (nSPS) is 14.2. The summed E-state index contributed by atoms with van der Waals surface area (Å²) in [6.45, 7) is 8.10. The van der Waals surface area contributed by atoms with Crippen LogP contribution in [0.15, 0.2) is 35.6 Å². The highest BCUT2D eigenvalue weighted by Crippen LogP contribution is 2.29. The lowest BCUT2D eigenvalue weighted by molar-refractivity contribution is 0.0949. The molecule has 0 atom stereocenters. The minimum absolute atomic E-state index is 0.182. The summed E-state index contributed by atoms with van der Waals surface area (Å²) in [4.78, 5) is 24.4. The molecule has 1 N–H and O–H groups in total. The molecule has 2 aromatic heterocycles. The molecule has 0 unspecified atom stereocenters. The summed E-state index contributed by atoms with van der Waals surface area (Å²) < 4.78 is 12.6. The standard InChI is InChI=1S/C22H28N6O3S/c1-15(2)32-22-25-19(27-10-12-31-13-11-27)17-14-24-28(20(17)26-22)9-8-23-21(29)16-6-4-5-7-18(16)30-3/h4-7,14-15H,8-13H2,1-3H3,(H,23,29). The average Bonchev–Trinajstić information content (AvgIpc) is 3.21. The number of fused-ring (bicyclic) bond motifs is 1. The van der Waals surface area contributed by atoms with Crippen molar-refractivity contribution in [2.24, 2.45) is 0 Å². The van der Waals surface area contributed by atoms with Crippen molar-refractivity contribution in [2.45, 2.75) is 30.8 Å². The number of benzene rings is 1.